The summed E-state index contributed by atoms with van der Waals surface area (Å²) < 4.78 is 0. The van der Waals surface area contributed by atoms with Gasteiger partial charge in [-0.15, -0.1) is 0 Å². The second kappa shape index (κ2) is 7.92. The van der Waals surface area contributed by atoms with E-state index in [1.807, 2.05) is 0 Å². The van der Waals surface area contributed by atoms with Crippen LogP contribution in [0.5, 0.6) is 0 Å². The minimum Gasteiger partial charge on any atom is -0.0891 e. The predicted molar refractivity (Wildman–Crippen MR) is 71.6 cm³/mol. The molecule has 1 atom stereocenters. The summed E-state index contributed by atoms with van der Waals surface area (Å²) in [7, 11) is 0. The van der Waals surface area contributed by atoms with Crippen LogP contribution in [0.2, 0.25) is 0 Å². The third-order valence-corrected chi connectivity index (χ3v) is 3.61. The van der Waals surface area contributed by atoms with E-state index in [1.54, 1.807) is 0 Å². The van der Waals surface area contributed by atoms with Gasteiger partial charge in [0, 0.05) is 4.83 Å². The SMILES string of the molecule is CCCCC(Br)CCCc1ccccc1. The van der Waals surface area contributed by atoms with Gasteiger partial charge in [0.25, 0.3) is 0 Å². The molecule has 0 aromatic heterocycles. The summed E-state index contributed by atoms with van der Waals surface area (Å²) in [5, 5.41) is 0. The molecule has 0 bridgehead atoms. The fraction of sp³-hybridized carbons (Fsp3) is 0.571. The molecule has 0 saturated carbocycles. The van der Waals surface area contributed by atoms with Gasteiger partial charge in [0.15, 0.2) is 0 Å². The van der Waals surface area contributed by atoms with Gasteiger partial charge < -0.3 is 0 Å². The van der Waals surface area contributed by atoms with Crippen LogP contribution in [0.15, 0.2) is 30.3 Å². The lowest BCUT2D eigenvalue weighted by molar-refractivity contribution is 0.628. The Labute approximate surface area is 102 Å². The van der Waals surface area contributed by atoms with E-state index in [4.69, 9.17) is 0 Å². The van der Waals surface area contributed by atoms with Crippen LogP contribution in [0.4, 0.5) is 0 Å². The topological polar surface area (TPSA) is 0 Å². The van der Waals surface area contributed by atoms with Gasteiger partial charge in [0.05, 0.1) is 0 Å². The highest BCUT2D eigenvalue weighted by Gasteiger charge is 2.02. The second-order valence-corrected chi connectivity index (χ2v) is 5.41. The van der Waals surface area contributed by atoms with E-state index in [2.05, 4.69) is 53.2 Å². The average Bonchev–Trinajstić information content (AvgIpc) is 2.28. The van der Waals surface area contributed by atoms with Gasteiger partial charge in [-0.1, -0.05) is 66.0 Å². The van der Waals surface area contributed by atoms with E-state index in [1.165, 1.54) is 44.1 Å². The van der Waals surface area contributed by atoms with Crippen molar-refractivity contribution >= 4 is 15.9 Å². The van der Waals surface area contributed by atoms with E-state index in [9.17, 15) is 0 Å². The van der Waals surface area contributed by atoms with Crippen molar-refractivity contribution in [2.75, 3.05) is 0 Å². The molecule has 1 rings (SSSR count). The molecule has 1 unspecified atom stereocenters. The third-order valence-electron chi connectivity index (χ3n) is 2.70. The first kappa shape index (κ1) is 12.8. The Kier molecular flexibility index (Phi) is 6.74. The zero-order valence-electron chi connectivity index (χ0n) is 9.58. The van der Waals surface area contributed by atoms with Crippen molar-refractivity contribution in [1.29, 1.82) is 0 Å². The van der Waals surface area contributed by atoms with Crippen LogP contribution in [0.25, 0.3) is 0 Å². The molecular formula is C14H21Br. The summed E-state index contributed by atoms with van der Waals surface area (Å²) in [4.78, 5) is 0.723. The smallest absolute Gasteiger partial charge is 0.0145 e. The predicted octanol–water partition coefficient (Wildman–Crippen LogP) is 4.96. The molecule has 0 aliphatic carbocycles. The van der Waals surface area contributed by atoms with Crippen molar-refractivity contribution in [2.45, 2.75) is 50.3 Å². The highest BCUT2D eigenvalue weighted by Crippen LogP contribution is 2.17. The van der Waals surface area contributed by atoms with Crippen molar-refractivity contribution in [3.8, 4) is 0 Å². The number of unbranched alkanes of at least 4 members (excludes halogenated alkanes) is 1. The molecule has 0 radical (unpaired) electrons. The first-order chi connectivity index (χ1) is 7.33. The lowest BCUT2D eigenvalue weighted by Crippen LogP contribution is -1.98. The molecule has 0 N–H and O–H groups in total. The van der Waals surface area contributed by atoms with Crippen LogP contribution in [0.3, 0.4) is 0 Å². The van der Waals surface area contributed by atoms with E-state index in [0.717, 1.165) is 4.83 Å². The van der Waals surface area contributed by atoms with Gasteiger partial charge in [0.1, 0.15) is 0 Å². The Morgan fingerprint density at radius 2 is 1.73 bits per heavy atom. The van der Waals surface area contributed by atoms with Crippen molar-refractivity contribution in [1.82, 2.24) is 0 Å². The molecule has 0 fully saturated rings. The lowest BCUT2D eigenvalue weighted by atomic mass is 10.1. The maximum atomic E-state index is 3.75. The van der Waals surface area contributed by atoms with E-state index in [0.29, 0.717) is 0 Å². The van der Waals surface area contributed by atoms with Crippen LogP contribution >= 0.6 is 15.9 Å². The van der Waals surface area contributed by atoms with Crippen molar-refractivity contribution < 1.29 is 0 Å². The maximum absolute atomic E-state index is 3.75. The highest BCUT2D eigenvalue weighted by atomic mass is 79.9. The summed E-state index contributed by atoms with van der Waals surface area (Å²) in [6.45, 7) is 2.25. The summed E-state index contributed by atoms with van der Waals surface area (Å²) in [5.74, 6) is 0. The Bertz CT molecular complexity index is 243. The zero-order chi connectivity index (χ0) is 10.9. The third kappa shape index (κ3) is 5.99. The van der Waals surface area contributed by atoms with Gasteiger partial charge in [-0.25, -0.2) is 0 Å². The highest BCUT2D eigenvalue weighted by molar-refractivity contribution is 9.09. The quantitative estimate of drug-likeness (QED) is 0.613. The molecule has 15 heavy (non-hydrogen) atoms. The Morgan fingerprint density at radius 1 is 1.07 bits per heavy atom. The summed E-state index contributed by atoms with van der Waals surface area (Å²) in [6.07, 6.45) is 7.79. The fourth-order valence-corrected chi connectivity index (χ4v) is 2.39. The zero-order valence-corrected chi connectivity index (χ0v) is 11.2. The molecule has 0 spiro atoms. The van der Waals surface area contributed by atoms with Gasteiger partial charge in [-0.05, 0) is 31.2 Å². The van der Waals surface area contributed by atoms with E-state index >= 15 is 0 Å². The van der Waals surface area contributed by atoms with Crippen LogP contribution in [0.1, 0.15) is 44.6 Å². The summed E-state index contributed by atoms with van der Waals surface area (Å²) >= 11 is 3.75. The number of benzene rings is 1. The summed E-state index contributed by atoms with van der Waals surface area (Å²) in [5.41, 5.74) is 1.47. The molecule has 0 aliphatic heterocycles. The van der Waals surface area contributed by atoms with Crippen molar-refractivity contribution in [2.24, 2.45) is 0 Å². The van der Waals surface area contributed by atoms with Gasteiger partial charge in [-0.2, -0.15) is 0 Å². The maximum Gasteiger partial charge on any atom is 0.0145 e. The molecule has 0 nitrogen and oxygen atoms in total. The second-order valence-electron chi connectivity index (χ2n) is 4.12. The number of aryl methyl sites for hydroxylation is 1. The number of alkyl halides is 1. The number of hydrogen-bond acceptors (Lipinski definition) is 0. The number of rotatable bonds is 7. The average molecular weight is 269 g/mol. The normalized spacial score (nSPS) is 12.7. The summed E-state index contributed by atoms with van der Waals surface area (Å²) in [6, 6.07) is 10.8. The first-order valence-corrected chi connectivity index (χ1v) is 6.92. The first-order valence-electron chi connectivity index (χ1n) is 6.01. The number of halogens is 1. The molecular weight excluding hydrogens is 248 g/mol. The molecule has 0 saturated heterocycles. The van der Waals surface area contributed by atoms with Crippen LogP contribution < -0.4 is 0 Å². The Balaban J connectivity index is 2.11. The van der Waals surface area contributed by atoms with Crippen molar-refractivity contribution in [3.05, 3.63) is 35.9 Å². The standard InChI is InChI=1S/C14H21Br/c1-2-3-11-14(15)12-7-10-13-8-5-4-6-9-13/h4-6,8-9,14H,2-3,7,10-12H2,1H3. The Morgan fingerprint density at radius 3 is 2.40 bits per heavy atom. The number of hydrogen-bond donors (Lipinski definition) is 0. The molecule has 0 amide bonds. The fourth-order valence-electron chi connectivity index (χ4n) is 1.74. The molecule has 1 aromatic carbocycles. The van der Waals surface area contributed by atoms with Gasteiger partial charge in [-0.3, -0.25) is 0 Å². The Hall–Kier alpha value is -0.300. The van der Waals surface area contributed by atoms with E-state index < -0.39 is 0 Å². The van der Waals surface area contributed by atoms with Crippen molar-refractivity contribution in [3.63, 3.8) is 0 Å². The van der Waals surface area contributed by atoms with Crippen LogP contribution in [-0.2, 0) is 6.42 Å². The van der Waals surface area contributed by atoms with Gasteiger partial charge >= 0.3 is 0 Å². The van der Waals surface area contributed by atoms with Crippen LogP contribution in [-0.4, -0.2) is 4.83 Å². The van der Waals surface area contributed by atoms with E-state index in [-0.39, 0.29) is 0 Å². The largest absolute Gasteiger partial charge is 0.0891 e. The molecule has 1 heteroatoms. The molecule has 0 heterocycles. The minimum atomic E-state index is 0.723. The molecule has 0 aliphatic rings. The monoisotopic (exact) mass is 268 g/mol. The minimum absolute atomic E-state index is 0.723. The van der Waals surface area contributed by atoms with Crippen LogP contribution in [0, 0.1) is 0 Å². The van der Waals surface area contributed by atoms with Gasteiger partial charge in [0.2, 0.25) is 0 Å². The molecule has 84 valence electrons. The molecule has 1 aromatic rings. The lowest BCUT2D eigenvalue weighted by Gasteiger charge is -2.08.